The molecule has 0 spiro atoms. The summed E-state index contributed by atoms with van der Waals surface area (Å²) in [6, 6.07) is 4.84. The van der Waals surface area contributed by atoms with E-state index in [1.54, 1.807) is 17.6 Å². The summed E-state index contributed by atoms with van der Waals surface area (Å²) in [4.78, 5) is 8.25. The number of halogens is 1. The number of hydroxylamine groups is 1. The molecule has 0 amide bonds. The number of nitrogens with zero attached hydrogens (tertiary/aromatic N) is 3. The lowest BCUT2D eigenvalue weighted by Gasteiger charge is -2.35. The number of likely N-dealkylation sites (N-methyl/N-ethyl adjacent to an activating group) is 1. The second kappa shape index (κ2) is 6.49. The predicted molar refractivity (Wildman–Crippen MR) is 73.8 cm³/mol. The summed E-state index contributed by atoms with van der Waals surface area (Å²) in [6.45, 7) is 6.78. The highest BCUT2D eigenvalue weighted by Crippen LogP contribution is 2.25. The van der Waals surface area contributed by atoms with Gasteiger partial charge in [-0.1, -0.05) is 6.92 Å². The third kappa shape index (κ3) is 3.42. The van der Waals surface area contributed by atoms with Crippen molar-refractivity contribution in [2.24, 2.45) is 4.99 Å². The molecule has 0 aromatic heterocycles. The van der Waals surface area contributed by atoms with E-state index >= 15 is 0 Å². The molecule has 2 rings (SSSR count). The molecule has 0 radical (unpaired) electrons. The average molecular weight is 266 g/mol. The molecule has 1 saturated heterocycles. The van der Waals surface area contributed by atoms with Gasteiger partial charge in [-0.15, -0.1) is 0 Å². The van der Waals surface area contributed by atoms with Gasteiger partial charge in [-0.25, -0.2) is 9.38 Å². The van der Waals surface area contributed by atoms with Gasteiger partial charge in [-0.05, 0) is 18.7 Å². The van der Waals surface area contributed by atoms with Crippen molar-refractivity contribution in [3.8, 4) is 0 Å². The third-order valence-electron chi connectivity index (χ3n) is 3.36. The molecule has 0 saturated carbocycles. The first-order chi connectivity index (χ1) is 9.24. The first kappa shape index (κ1) is 13.8. The van der Waals surface area contributed by atoms with Crippen molar-refractivity contribution in [3.05, 3.63) is 24.0 Å². The molecule has 0 unspecified atom stereocenters. The van der Waals surface area contributed by atoms with Crippen LogP contribution >= 0.6 is 0 Å². The standard InChI is InChI=1S/C13H19FN4O/c1-2-17-5-7-18(8-6-17)13-4-3-11(9-12(13)14)15-10-16-19/h3-4,9-10,19H,2,5-8H2,1H3,(H,15,16). The molecule has 104 valence electrons. The fraction of sp³-hybridized carbons (Fsp3) is 0.462. The van der Waals surface area contributed by atoms with E-state index < -0.39 is 0 Å². The summed E-state index contributed by atoms with van der Waals surface area (Å²) in [5, 5.41) is 8.40. The van der Waals surface area contributed by atoms with Crippen molar-refractivity contribution in [2.75, 3.05) is 37.6 Å². The Kier molecular flexibility index (Phi) is 4.70. The van der Waals surface area contributed by atoms with Gasteiger partial charge >= 0.3 is 0 Å². The van der Waals surface area contributed by atoms with E-state index in [9.17, 15) is 4.39 Å². The van der Waals surface area contributed by atoms with Gasteiger partial charge < -0.3 is 9.80 Å². The van der Waals surface area contributed by atoms with E-state index in [1.165, 1.54) is 6.07 Å². The Balaban J connectivity index is 2.07. The molecule has 0 aliphatic carbocycles. The van der Waals surface area contributed by atoms with Gasteiger partial charge in [0.2, 0.25) is 0 Å². The molecule has 6 heteroatoms. The van der Waals surface area contributed by atoms with Crippen LogP contribution in [-0.2, 0) is 0 Å². The third-order valence-corrected chi connectivity index (χ3v) is 3.36. The summed E-state index contributed by atoms with van der Waals surface area (Å²) >= 11 is 0. The van der Waals surface area contributed by atoms with Crippen LogP contribution in [0.4, 0.5) is 15.8 Å². The van der Waals surface area contributed by atoms with Crippen LogP contribution in [0.1, 0.15) is 6.92 Å². The molecule has 1 fully saturated rings. The van der Waals surface area contributed by atoms with Crippen molar-refractivity contribution >= 4 is 17.7 Å². The Morgan fingerprint density at radius 2 is 2.11 bits per heavy atom. The lowest BCUT2D eigenvalue weighted by atomic mass is 10.2. The van der Waals surface area contributed by atoms with E-state index in [0.717, 1.165) is 39.1 Å². The summed E-state index contributed by atoms with van der Waals surface area (Å²) in [5.74, 6) is -0.280. The molecule has 19 heavy (non-hydrogen) atoms. The van der Waals surface area contributed by atoms with Crippen molar-refractivity contribution < 1.29 is 9.60 Å². The normalized spacial score (nSPS) is 17.1. The monoisotopic (exact) mass is 266 g/mol. The van der Waals surface area contributed by atoms with E-state index in [2.05, 4.69) is 21.7 Å². The molecule has 1 aromatic rings. The lowest BCUT2D eigenvalue weighted by Crippen LogP contribution is -2.46. The van der Waals surface area contributed by atoms with Crippen LogP contribution < -0.4 is 10.4 Å². The van der Waals surface area contributed by atoms with E-state index in [4.69, 9.17) is 5.21 Å². The maximum Gasteiger partial charge on any atom is 0.148 e. The minimum absolute atomic E-state index is 0.280. The second-order valence-electron chi connectivity index (χ2n) is 4.44. The van der Waals surface area contributed by atoms with E-state index in [-0.39, 0.29) is 5.82 Å². The van der Waals surface area contributed by atoms with Crippen molar-refractivity contribution in [1.29, 1.82) is 0 Å². The van der Waals surface area contributed by atoms with E-state index in [1.807, 2.05) is 0 Å². The number of hydrogen-bond acceptors (Lipinski definition) is 4. The zero-order valence-corrected chi connectivity index (χ0v) is 11.0. The number of hydrogen-bond donors (Lipinski definition) is 2. The Hall–Kier alpha value is -1.66. The van der Waals surface area contributed by atoms with Gasteiger partial charge in [0, 0.05) is 32.2 Å². The van der Waals surface area contributed by atoms with Crippen LogP contribution in [0.5, 0.6) is 0 Å². The van der Waals surface area contributed by atoms with Gasteiger partial charge in [0.05, 0.1) is 11.4 Å². The average Bonchev–Trinajstić information content (AvgIpc) is 2.45. The Morgan fingerprint density at radius 1 is 1.37 bits per heavy atom. The fourth-order valence-electron chi connectivity index (χ4n) is 2.24. The summed E-state index contributed by atoms with van der Waals surface area (Å²) in [7, 11) is 0. The fourth-order valence-corrected chi connectivity index (χ4v) is 2.24. The molecule has 1 aliphatic heterocycles. The largest absolute Gasteiger partial charge is 0.367 e. The summed E-state index contributed by atoms with van der Waals surface area (Å²) in [6.07, 6.45) is 1.11. The van der Waals surface area contributed by atoms with Crippen LogP contribution in [0.3, 0.4) is 0 Å². The molecular weight excluding hydrogens is 247 g/mol. The quantitative estimate of drug-likeness (QED) is 0.494. The molecule has 0 atom stereocenters. The second-order valence-corrected chi connectivity index (χ2v) is 4.44. The molecule has 0 bridgehead atoms. The minimum Gasteiger partial charge on any atom is -0.367 e. The topological polar surface area (TPSA) is 51.1 Å². The van der Waals surface area contributed by atoms with Gasteiger partial charge in [-0.3, -0.25) is 10.7 Å². The zero-order chi connectivity index (χ0) is 13.7. The highest BCUT2D eigenvalue weighted by atomic mass is 19.1. The van der Waals surface area contributed by atoms with Gasteiger partial charge in [0.1, 0.15) is 12.2 Å². The van der Waals surface area contributed by atoms with Gasteiger partial charge in [0.15, 0.2) is 0 Å². The first-order valence-corrected chi connectivity index (χ1v) is 6.43. The van der Waals surface area contributed by atoms with E-state index in [0.29, 0.717) is 11.4 Å². The number of nitrogens with one attached hydrogen (secondary N) is 1. The van der Waals surface area contributed by atoms with Gasteiger partial charge in [-0.2, -0.15) is 0 Å². The Labute approximate surface area is 112 Å². The molecule has 1 aromatic carbocycles. The maximum absolute atomic E-state index is 14.0. The van der Waals surface area contributed by atoms with Crippen LogP contribution in [0.25, 0.3) is 0 Å². The van der Waals surface area contributed by atoms with Crippen LogP contribution in [0, 0.1) is 5.82 Å². The van der Waals surface area contributed by atoms with Crippen LogP contribution in [0.15, 0.2) is 23.2 Å². The molecule has 1 aliphatic rings. The number of rotatable bonds is 4. The van der Waals surface area contributed by atoms with Crippen LogP contribution in [-0.4, -0.2) is 49.2 Å². The number of benzene rings is 1. The van der Waals surface area contributed by atoms with Crippen molar-refractivity contribution in [1.82, 2.24) is 10.4 Å². The summed E-state index contributed by atoms with van der Waals surface area (Å²) < 4.78 is 14.0. The number of anilines is 1. The lowest BCUT2D eigenvalue weighted by molar-refractivity contribution is 0.240. The molecular formula is C13H19FN4O. The predicted octanol–water partition coefficient (Wildman–Crippen LogP) is 1.61. The highest BCUT2D eigenvalue weighted by molar-refractivity contribution is 5.62. The van der Waals surface area contributed by atoms with Crippen LogP contribution in [0.2, 0.25) is 0 Å². The number of piperazine rings is 1. The number of aliphatic imine (C=N–C) groups is 1. The Bertz CT molecular complexity index is 444. The van der Waals surface area contributed by atoms with Crippen molar-refractivity contribution in [3.63, 3.8) is 0 Å². The molecule has 2 N–H and O–H groups in total. The molecule has 1 heterocycles. The first-order valence-electron chi connectivity index (χ1n) is 6.43. The highest BCUT2D eigenvalue weighted by Gasteiger charge is 2.18. The molecule has 5 nitrogen and oxygen atoms in total. The maximum atomic E-state index is 14.0. The zero-order valence-electron chi connectivity index (χ0n) is 11.0. The summed E-state index contributed by atoms with van der Waals surface area (Å²) in [5.41, 5.74) is 2.88. The van der Waals surface area contributed by atoms with Crippen molar-refractivity contribution in [2.45, 2.75) is 6.92 Å². The van der Waals surface area contributed by atoms with Gasteiger partial charge in [0.25, 0.3) is 0 Å². The SMILES string of the molecule is CCN1CCN(c2ccc(N=CNO)cc2F)CC1. The smallest absolute Gasteiger partial charge is 0.148 e. The Morgan fingerprint density at radius 3 is 2.68 bits per heavy atom. The minimum atomic E-state index is -0.280.